The Balaban J connectivity index is 1.40. The van der Waals surface area contributed by atoms with E-state index >= 15 is 0 Å². The molecule has 0 saturated carbocycles. The van der Waals surface area contributed by atoms with Gasteiger partial charge in [-0.15, -0.1) is 0 Å². The number of hydrogen-bond donors (Lipinski definition) is 0. The van der Waals surface area contributed by atoms with Crippen LogP contribution in [0, 0.1) is 0 Å². The first-order valence-corrected chi connectivity index (χ1v) is 10.5. The molecule has 1 aromatic rings. The predicted molar refractivity (Wildman–Crippen MR) is 101 cm³/mol. The quantitative estimate of drug-likeness (QED) is 0.635. The first-order chi connectivity index (χ1) is 15.0. The van der Waals surface area contributed by atoms with Gasteiger partial charge in [0.05, 0.1) is 37.1 Å². The molecule has 3 heterocycles. The number of piperidine rings is 1. The van der Waals surface area contributed by atoms with Crippen molar-refractivity contribution in [1.29, 1.82) is 0 Å². The van der Waals surface area contributed by atoms with E-state index in [1.807, 2.05) is 0 Å². The highest BCUT2D eigenvalue weighted by Gasteiger charge is 2.43. The van der Waals surface area contributed by atoms with Gasteiger partial charge in [0.15, 0.2) is 0 Å². The van der Waals surface area contributed by atoms with Crippen LogP contribution in [0.2, 0.25) is 0 Å². The monoisotopic (exact) mass is 466 g/mol. The molecule has 3 fully saturated rings. The van der Waals surface area contributed by atoms with Crippen LogP contribution >= 0.6 is 0 Å². The highest BCUT2D eigenvalue weighted by Crippen LogP contribution is 2.37. The molecule has 3 saturated heterocycles. The second-order valence-corrected chi connectivity index (χ2v) is 8.52. The molecule has 5 nitrogen and oxygen atoms in total. The molecule has 178 valence electrons. The van der Waals surface area contributed by atoms with E-state index in [4.69, 9.17) is 9.47 Å². The maximum atomic E-state index is 13.0. The van der Waals surface area contributed by atoms with Crippen molar-refractivity contribution < 1.29 is 40.6 Å². The Bertz CT molecular complexity index is 806. The average Bonchev–Trinajstić information content (AvgIpc) is 3.15. The van der Waals surface area contributed by atoms with E-state index in [1.165, 1.54) is 0 Å². The third-order valence-electron chi connectivity index (χ3n) is 6.35. The zero-order valence-electron chi connectivity index (χ0n) is 17.2. The second kappa shape index (κ2) is 8.83. The third-order valence-corrected chi connectivity index (χ3v) is 6.35. The lowest BCUT2D eigenvalue weighted by Crippen LogP contribution is -2.53. The van der Waals surface area contributed by atoms with Gasteiger partial charge >= 0.3 is 12.4 Å². The molecular weight excluding hydrogens is 442 g/mol. The molecule has 3 atom stereocenters. The van der Waals surface area contributed by atoms with E-state index in [9.17, 15) is 31.1 Å². The molecule has 0 N–H and O–H groups in total. The molecule has 0 bridgehead atoms. The van der Waals surface area contributed by atoms with Crippen molar-refractivity contribution in [2.75, 3.05) is 32.8 Å². The van der Waals surface area contributed by atoms with Gasteiger partial charge in [0.25, 0.3) is 0 Å². The number of rotatable bonds is 4. The zero-order chi connectivity index (χ0) is 23.1. The largest absolute Gasteiger partial charge is 0.416 e. The van der Waals surface area contributed by atoms with E-state index < -0.39 is 29.6 Å². The van der Waals surface area contributed by atoms with E-state index in [1.54, 1.807) is 4.90 Å². The van der Waals surface area contributed by atoms with Crippen LogP contribution in [0.25, 0.3) is 0 Å². The SMILES string of the molecule is O=C1CC(N2CCOCC2)CC2CC(OCc3cc(C(F)(F)F)cc(C(F)(F)F)c3)CN12. The Kier molecular flexibility index (Phi) is 6.43. The number of amides is 1. The Labute approximate surface area is 181 Å². The van der Waals surface area contributed by atoms with Crippen LogP contribution in [-0.2, 0) is 33.2 Å². The van der Waals surface area contributed by atoms with E-state index in [0.29, 0.717) is 44.7 Å². The molecule has 1 aromatic carbocycles. The lowest BCUT2D eigenvalue weighted by molar-refractivity contribution is -0.143. The van der Waals surface area contributed by atoms with Gasteiger partial charge in [0.2, 0.25) is 5.91 Å². The number of carbonyl (C=O) groups is 1. The Morgan fingerprint density at radius 1 is 0.938 bits per heavy atom. The zero-order valence-corrected chi connectivity index (χ0v) is 17.2. The van der Waals surface area contributed by atoms with Crippen molar-refractivity contribution in [2.45, 2.75) is 56.4 Å². The minimum Gasteiger partial charge on any atom is -0.379 e. The summed E-state index contributed by atoms with van der Waals surface area (Å²) in [5, 5.41) is 0. The van der Waals surface area contributed by atoms with Crippen LogP contribution in [0.1, 0.15) is 36.0 Å². The van der Waals surface area contributed by atoms with Gasteiger partial charge in [-0.1, -0.05) is 0 Å². The normalized spacial score (nSPS) is 27.6. The fraction of sp³-hybridized carbons (Fsp3) is 0.667. The number of nitrogens with zero attached hydrogens (tertiary/aromatic N) is 2. The number of alkyl halides is 6. The summed E-state index contributed by atoms with van der Waals surface area (Å²) in [6.07, 6.45) is -8.55. The lowest BCUT2D eigenvalue weighted by atomic mass is 9.95. The van der Waals surface area contributed by atoms with E-state index in [0.717, 1.165) is 19.5 Å². The first-order valence-electron chi connectivity index (χ1n) is 10.5. The van der Waals surface area contributed by atoms with Crippen molar-refractivity contribution >= 4 is 5.91 Å². The van der Waals surface area contributed by atoms with Crippen molar-refractivity contribution in [1.82, 2.24) is 9.80 Å². The highest BCUT2D eigenvalue weighted by atomic mass is 19.4. The summed E-state index contributed by atoms with van der Waals surface area (Å²) in [5.74, 6) is 0.00210. The molecule has 1 amide bonds. The fourth-order valence-corrected chi connectivity index (χ4v) is 4.78. The maximum Gasteiger partial charge on any atom is 0.416 e. The molecule has 4 rings (SSSR count). The third kappa shape index (κ3) is 5.20. The van der Waals surface area contributed by atoms with E-state index in [-0.39, 0.29) is 36.2 Å². The molecule has 0 aromatic heterocycles. The summed E-state index contributed by atoms with van der Waals surface area (Å²) in [4.78, 5) is 16.6. The van der Waals surface area contributed by atoms with Gasteiger partial charge < -0.3 is 14.4 Å². The molecule has 3 aliphatic rings. The number of morpholine rings is 1. The number of carbonyl (C=O) groups excluding carboxylic acids is 1. The van der Waals surface area contributed by atoms with Crippen molar-refractivity contribution in [3.05, 3.63) is 34.9 Å². The topological polar surface area (TPSA) is 42.0 Å². The molecule has 3 unspecified atom stereocenters. The van der Waals surface area contributed by atoms with Crippen molar-refractivity contribution in [3.63, 3.8) is 0 Å². The van der Waals surface area contributed by atoms with Gasteiger partial charge in [0.1, 0.15) is 0 Å². The van der Waals surface area contributed by atoms with Crippen LogP contribution < -0.4 is 0 Å². The highest BCUT2D eigenvalue weighted by molar-refractivity contribution is 5.78. The number of fused-ring (bicyclic) bond motifs is 1. The molecule has 32 heavy (non-hydrogen) atoms. The minimum absolute atomic E-state index is 0.00210. The summed E-state index contributed by atoms with van der Waals surface area (Å²) in [6, 6.07) is 1.53. The Morgan fingerprint density at radius 3 is 2.16 bits per heavy atom. The van der Waals surface area contributed by atoms with Crippen LogP contribution in [0.4, 0.5) is 26.3 Å². The fourth-order valence-electron chi connectivity index (χ4n) is 4.78. The number of ether oxygens (including phenoxy) is 2. The molecule has 11 heteroatoms. The number of hydrogen-bond acceptors (Lipinski definition) is 4. The summed E-state index contributed by atoms with van der Waals surface area (Å²) < 4.78 is 89.3. The summed E-state index contributed by atoms with van der Waals surface area (Å²) >= 11 is 0. The molecular formula is C21H24F6N2O3. The van der Waals surface area contributed by atoms with Crippen LogP contribution in [0.3, 0.4) is 0 Å². The summed E-state index contributed by atoms with van der Waals surface area (Å²) in [7, 11) is 0. The predicted octanol–water partition coefficient (Wildman–Crippen LogP) is 3.70. The first kappa shape index (κ1) is 23.3. The minimum atomic E-state index is -4.90. The van der Waals surface area contributed by atoms with Crippen LogP contribution in [-0.4, -0.2) is 66.7 Å². The average molecular weight is 466 g/mol. The lowest BCUT2D eigenvalue weighted by Gasteiger charge is -2.41. The Hall–Kier alpha value is -1.85. The van der Waals surface area contributed by atoms with Gasteiger partial charge in [0, 0.05) is 38.1 Å². The Morgan fingerprint density at radius 2 is 1.56 bits per heavy atom. The van der Waals surface area contributed by atoms with Gasteiger partial charge in [-0.25, -0.2) is 0 Å². The number of halogens is 6. The number of benzene rings is 1. The summed E-state index contributed by atoms with van der Waals surface area (Å²) in [5.41, 5.74) is -2.92. The van der Waals surface area contributed by atoms with Crippen molar-refractivity contribution in [2.24, 2.45) is 0 Å². The van der Waals surface area contributed by atoms with Gasteiger partial charge in [-0.3, -0.25) is 9.69 Å². The molecule has 3 aliphatic heterocycles. The van der Waals surface area contributed by atoms with Crippen molar-refractivity contribution in [3.8, 4) is 0 Å². The van der Waals surface area contributed by atoms with E-state index in [2.05, 4.69) is 4.90 Å². The smallest absolute Gasteiger partial charge is 0.379 e. The van der Waals surface area contributed by atoms with Crippen LogP contribution in [0.15, 0.2) is 18.2 Å². The standard InChI is InChI=1S/C21H24F6N2O3/c22-20(23,24)14-5-13(6-15(7-14)21(25,26)27)12-32-18-9-17-8-16(10-19(30)29(17)11-18)28-1-3-31-4-2-28/h5-7,16-18H,1-4,8-12H2. The molecule has 0 spiro atoms. The van der Waals surface area contributed by atoms with Gasteiger partial charge in [-0.2, -0.15) is 26.3 Å². The second-order valence-electron chi connectivity index (χ2n) is 8.52. The summed E-state index contributed by atoms with van der Waals surface area (Å²) in [6.45, 7) is 2.69. The van der Waals surface area contributed by atoms with Gasteiger partial charge in [-0.05, 0) is 36.6 Å². The van der Waals surface area contributed by atoms with Crippen LogP contribution in [0.5, 0.6) is 0 Å². The molecule has 0 aliphatic carbocycles. The molecule has 0 radical (unpaired) electrons. The maximum absolute atomic E-state index is 13.0.